The minimum atomic E-state index is -4.40. The van der Waals surface area contributed by atoms with Crippen LogP contribution in [0.2, 0.25) is 0 Å². The Bertz CT molecular complexity index is 868. The topological polar surface area (TPSA) is 56.1 Å². The number of halogens is 3. The number of hydrogen-bond donors (Lipinski definition) is 0. The van der Waals surface area contributed by atoms with Crippen LogP contribution in [0.1, 0.15) is 10.4 Å². The van der Waals surface area contributed by atoms with E-state index >= 15 is 0 Å². The van der Waals surface area contributed by atoms with E-state index in [4.69, 9.17) is 9.47 Å². The van der Waals surface area contributed by atoms with Crippen LogP contribution in [0.25, 0.3) is 5.69 Å². The van der Waals surface area contributed by atoms with Crippen molar-refractivity contribution in [3.8, 4) is 5.69 Å². The number of benzene rings is 1. The fraction of sp³-hybridized carbons (Fsp3) is 0.412. The minimum Gasteiger partial charge on any atom is -0.348 e. The second-order valence-electron chi connectivity index (χ2n) is 5.99. The van der Waals surface area contributed by atoms with Gasteiger partial charge in [0.05, 0.1) is 25.3 Å². The van der Waals surface area contributed by atoms with Gasteiger partial charge in [-0.25, -0.2) is 4.79 Å². The summed E-state index contributed by atoms with van der Waals surface area (Å²) >= 11 is 1.27. The van der Waals surface area contributed by atoms with Crippen molar-refractivity contribution < 1.29 is 27.4 Å². The molecule has 1 saturated heterocycles. The lowest BCUT2D eigenvalue weighted by molar-refractivity contribution is -0.137. The lowest BCUT2D eigenvalue weighted by Crippen LogP contribution is -2.34. The standard InChI is InChI=1S/C17H18F3N3O3S/c1-11-9-23(13-5-3-12(4-6-13)17(18,19)20)16(27-11)21-15(24)22(2)10-14-25-7-8-26-14/h3-6,9,14H,7-8,10H2,1-2H3/b21-16-. The molecule has 146 valence electrons. The van der Waals surface area contributed by atoms with Gasteiger partial charge in [0.1, 0.15) is 0 Å². The van der Waals surface area contributed by atoms with Crippen LogP contribution in [0.4, 0.5) is 18.0 Å². The molecule has 0 spiro atoms. The molecule has 2 heterocycles. The second kappa shape index (κ2) is 7.83. The van der Waals surface area contributed by atoms with Gasteiger partial charge in [-0.3, -0.25) is 4.57 Å². The quantitative estimate of drug-likeness (QED) is 0.794. The average Bonchev–Trinajstić information content (AvgIpc) is 3.23. The van der Waals surface area contributed by atoms with Gasteiger partial charge in [-0.05, 0) is 31.2 Å². The van der Waals surface area contributed by atoms with Crippen LogP contribution < -0.4 is 4.80 Å². The number of thiazole rings is 1. The van der Waals surface area contributed by atoms with E-state index < -0.39 is 24.1 Å². The highest BCUT2D eigenvalue weighted by molar-refractivity contribution is 7.09. The first-order valence-corrected chi connectivity index (χ1v) is 8.95. The van der Waals surface area contributed by atoms with Crippen molar-refractivity contribution in [3.05, 3.63) is 45.7 Å². The van der Waals surface area contributed by atoms with Crippen molar-refractivity contribution in [1.29, 1.82) is 0 Å². The molecule has 0 unspecified atom stereocenters. The highest BCUT2D eigenvalue weighted by Crippen LogP contribution is 2.29. The van der Waals surface area contributed by atoms with Crippen molar-refractivity contribution in [2.75, 3.05) is 26.8 Å². The minimum absolute atomic E-state index is 0.243. The van der Waals surface area contributed by atoms with Crippen molar-refractivity contribution in [3.63, 3.8) is 0 Å². The first-order chi connectivity index (χ1) is 12.7. The Labute approximate surface area is 157 Å². The van der Waals surface area contributed by atoms with Crippen LogP contribution in [0.5, 0.6) is 0 Å². The number of hydrogen-bond acceptors (Lipinski definition) is 4. The van der Waals surface area contributed by atoms with Crippen molar-refractivity contribution >= 4 is 17.4 Å². The molecule has 2 amide bonds. The maximum Gasteiger partial charge on any atom is 0.416 e. The van der Waals surface area contributed by atoms with Crippen LogP contribution >= 0.6 is 11.3 Å². The largest absolute Gasteiger partial charge is 0.416 e. The molecule has 1 aliphatic heterocycles. The van der Waals surface area contributed by atoms with Crippen molar-refractivity contribution in [2.45, 2.75) is 19.4 Å². The molecule has 1 fully saturated rings. The van der Waals surface area contributed by atoms with Crippen LogP contribution in [0.15, 0.2) is 35.5 Å². The fourth-order valence-electron chi connectivity index (χ4n) is 2.51. The summed E-state index contributed by atoms with van der Waals surface area (Å²) in [5.74, 6) is 0. The molecule has 10 heteroatoms. The van der Waals surface area contributed by atoms with E-state index in [0.717, 1.165) is 17.0 Å². The highest BCUT2D eigenvalue weighted by atomic mass is 32.1. The van der Waals surface area contributed by atoms with Crippen LogP contribution in [0, 0.1) is 6.92 Å². The Kier molecular flexibility index (Phi) is 5.68. The van der Waals surface area contributed by atoms with E-state index in [9.17, 15) is 18.0 Å². The van der Waals surface area contributed by atoms with Crippen LogP contribution in [0.3, 0.4) is 0 Å². The van der Waals surface area contributed by atoms with E-state index in [0.29, 0.717) is 23.7 Å². The third-order valence-corrected chi connectivity index (χ3v) is 4.77. The Hall–Kier alpha value is -2.17. The first kappa shape index (κ1) is 19.6. The molecule has 0 saturated carbocycles. The van der Waals surface area contributed by atoms with E-state index in [1.54, 1.807) is 17.8 Å². The van der Waals surface area contributed by atoms with Gasteiger partial charge in [0.25, 0.3) is 0 Å². The Balaban J connectivity index is 1.84. The molecule has 0 bridgehead atoms. The molecule has 2 aromatic rings. The van der Waals surface area contributed by atoms with E-state index in [1.165, 1.54) is 28.4 Å². The van der Waals surface area contributed by atoms with Gasteiger partial charge >= 0.3 is 12.2 Å². The molecule has 0 N–H and O–H groups in total. The molecule has 6 nitrogen and oxygen atoms in total. The molecule has 3 rings (SSSR count). The van der Waals surface area contributed by atoms with Gasteiger partial charge in [0, 0.05) is 23.8 Å². The number of amides is 2. The van der Waals surface area contributed by atoms with E-state index in [1.807, 2.05) is 6.92 Å². The molecule has 1 aromatic heterocycles. The average molecular weight is 401 g/mol. The molecule has 1 aromatic carbocycles. The van der Waals surface area contributed by atoms with Gasteiger partial charge in [-0.15, -0.1) is 11.3 Å². The predicted octanol–water partition coefficient (Wildman–Crippen LogP) is 3.19. The summed E-state index contributed by atoms with van der Waals surface area (Å²) in [7, 11) is 1.58. The monoisotopic (exact) mass is 401 g/mol. The van der Waals surface area contributed by atoms with Crippen LogP contribution in [-0.2, 0) is 15.7 Å². The molecule has 0 radical (unpaired) electrons. The number of likely N-dealkylation sites (N-methyl/N-ethyl adjacent to an activating group) is 1. The van der Waals surface area contributed by atoms with E-state index in [-0.39, 0.29) is 6.54 Å². The number of urea groups is 1. The number of aryl methyl sites for hydroxylation is 1. The van der Waals surface area contributed by atoms with Crippen LogP contribution in [-0.4, -0.2) is 48.6 Å². The van der Waals surface area contributed by atoms with Gasteiger partial charge in [-0.2, -0.15) is 18.2 Å². The second-order valence-corrected chi connectivity index (χ2v) is 7.20. The summed E-state index contributed by atoms with van der Waals surface area (Å²) in [6.45, 7) is 3.05. The summed E-state index contributed by atoms with van der Waals surface area (Å²) < 4.78 is 50.4. The lowest BCUT2D eigenvalue weighted by Gasteiger charge is -2.17. The normalized spacial score (nSPS) is 16.1. The number of rotatable bonds is 3. The van der Waals surface area contributed by atoms with Gasteiger partial charge < -0.3 is 14.4 Å². The van der Waals surface area contributed by atoms with Crippen molar-refractivity contribution in [2.24, 2.45) is 4.99 Å². The zero-order valence-electron chi connectivity index (χ0n) is 14.7. The maximum atomic E-state index is 12.7. The SMILES string of the molecule is Cc1cn(-c2ccc(C(F)(F)F)cc2)/c(=N/C(=O)N(C)CC2OCCO2)s1. The highest BCUT2D eigenvalue weighted by Gasteiger charge is 2.30. The Morgan fingerprint density at radius 1 is 1.30 bits per heavy atom. The molecule has 27 heavy (non-hydrogen) atoms. The molecule has 0 atom stereocenters. The zero-order valence-corrected chi connectivity index (χ0v) is 15.5. The number of carbonyl (C=O) groups excluding carboxylic acids is 1. The number of alkyl halides is 3. The zero-order chi connectivity index (χ0) is 19.6. The Morgan fingerprint density at radius 2 is 1.93 bits per heavy atom. The predicted molar refractivity (Wildman–Crippen MR) is 92.7 cm³/mol. The number of carbonyl (C=O) groups is 1. The lowest BCUT2D eigenvalue weighted by atomic mass is 10.2. The molecular formula is C17H18F3N3O3S. The first-order valence-electron chi connectivity index (χ1n) is 8.14. The van der Waals surface area contributed by atoms with Gasteiger partial charge in [-0.1, -0.05) is 0 Å². The molecule has 1 aliphatic rings. The summed E-state index contributed by atoms with van der Waals surface area (Å²) in [4.78, 5) is 19.1. The fourth-order valence-corrected chi connectivity index (χ4v) is 3.34. The number of nitrogens with zero attached hydrogens (tertiary/aromatic N) is 3. The van der Waals surface area contributed by atoms with Crippen molar-refractivity contribution in [1.82, 2.24) is 9.47 Å². The van der Waals surface area contributed by atoms with Gasteiger partial charge in [0.2, 0.25) is 0 Å². The third-order valence-electron chi connectivity index (χ3n) is 3.87. The van der Waals surface area contributed by atoms with Gasteiger partial charge in [0.15, 0.2) is 11.1 Å². The maximum absolute atomic E-state index is 12.7. The number of aromatic nitrogens is 1. The molecule has 0 aliphatic carbocycles. The summed E-state index contributed by atoms with van der Waals surface area (Å²) in [5.41, 5.74) is -0.242. The van der Waals surface area contributed by atoms with E-state index in [2.05, 4.69) is 4.99 Å². The summed E-state index contributed by atoms with van der Waals surface area (Å²) in [6.07, 6.45) is -3.15. The summed E-state index contributed by atoms with van der Waals surface area (Å²) in [6, 6.07) is 4.21. The molecular weight excluding hydrogens is 383 g/mol. The Morgan fingerprint density at radius 3 is 2.52 bits per heavy atom. The third kappa shape index (κ3) is 4.76. The summed E-state index contributed by atoms with van der Waals surface area (Å²) in [5, 5.41) is 0. The smallest absolute Gasteiger partial charge is 0.348 e. The number of ether oxygens (including phenoxy) is 2.